The number of nitrogens with one attached hydrogen (secondary N) is 1. The minimum Gasteiger partial charge on any atom is -0.358 e. The third kappa shape index (κ3) is 4.04. The van der Waals surface area contributed by atoms with Gasteiger partial charge in [0.1, 0.15) is 11.4 Å². The van der Waals surface area contributed by atoms with Crippen LogP contribution in [0.25, 0.3) is 10.9 Å². The van der Waals surface area contributed by atoms with E-state index in [1.165, 1.54) is 12.1 Å². The van der Waals surface area contributed by atoms with E-state index >= 15 is 0 Å². The van der Waals surface area contributed by atoms with E-state index in [1.807, 2.05) is 24.3 Å². The second kappa shape index (κ2) is 7.17. The minimum atomic E-state index is -4.63. The molecule has 1 aromatic heterocycles. The fourth-order valence-corrected chi connectivity index (χ4v) is 4.30. The van der Waals surface area contributed by atoms with E-state index in [-0.39, 0.29) is 12.8 Å². The molecule has 0 bridgehead atoms. The highest BCUT2D eigenvalue weighted by Crippen LogP contribution is 2.43. The van der Waals surface area contributed by atoms with Crippen LogP contribution in [-0.2, 0) is 11.8 Å². The number of para-hydroxylation sites is 1. The summed E-state index contributed by atoms with van der Waals surface area (Å²) in [5.41, 5.74) is 5.91. The Labute approximate surface area is 168 Å². The van der Waals surface area contributed by atoms with Gasteiger partial charge in [-0.2, -0.15) is 13.2 Å². The lowest BCUT2D eigenvalue weighted by atomic mass is 9.71. The van der Waals surface area contributed by atoms with Gasteiger partial charge in [0.25, 0.3) is 0 Å². The third-order valence-electron chi connectivity index (χ3n) is 5.81. The summed E-state index contributed by atoms with van der Waals surface area (Å²) in [5.74, 6) is -0.472. The lowest BCUT2D eigenvalue weighted by Crippen LogP contribution is -2.58. The number of aryl methyl sites for hydroxylation is 2. The second-order valence-electron chi connectivity index (χ2n) is 8.62. The number of fused-ring (bicyclic) bond motifs is 1. The van der Waals surface area contributed by atoms with Crippen molar-refractivity contribution in [2.75, 3.05) is 0 Å². The maximum atomic E-state index is 14.2. The average molecular weight is 406 g/mol. The molecule has 6 heteroatoms. The number of alkyl halides is 3. The van der Waals surface area contributed by atoms with Crippen molar-refractivity contribution in [3.63, 3.8) is 0 Å². The molecule has 156 valence electrons. The zero-order valence-electron chi connectivity index (χ0n) is 17.0. The smallest absolute Gasteiger partial charge is 0.358 e. The van der Waals surface area contributed by atoms with Crippen molar-refractivity contribution in [1.82, 2.24) is 4.98 Å². The number of halogens is 4. The maximum Gasteiger partial charge on any atom is 0.406 e. The van der Waals surface area contributed by atoms with Crippen molar-refractivity contribution in [3.8, 4) is 0 Å². The molecule has 0 spiro atoms. The molecule has 1 heterocycles. The molecule has 0 aliphatic carbocycles. The molecule has 1 unspecified atom stereocenters. The lowest BCUT2D eigenvalue weighted by molar-refractivity contribution is -0.191. The number of aromatic amines is 1. The van der Waals surface area contributed by atoms with Crippen molar-refractivity contribution in [2.24, 2.45) is 5.73 Å². The van der Waals surface area contributed by atoms with Crippen molar-refractivity contribution >= 4 is 10.9 Å². The second-order valence-corrected chi connectivity index (χ2v) is 8.62. The van der Waals surface area contributed by atoms with Gasteiger partial charge in [0, 0.05) is 23.0 Å². The highest BCUT2D eigenvalue weighted by Gasteiger charge is 2.54. The van der Waals surface area contributed by atoms with E-state index in [2.05, 4.69) is 4.98 Å². The number of benzene rings is 2. The van der Waals surface area contributed by atoms with E-state index in [1.54, 1.807) is 33.8 Å². The summed E-state index contributed by atoms with van der Waals surface area (Å²) in [7, 11) is 0. The normalized spacial score (nSPS) is 14.9. The Balaban J connectivity index is 2.02. The van der Waals surface area contributed by atoms with Crippen LogP contribution in [0.4, 0.5) is 17.6 Å². The van der Waals surface area contributed by atoms with E-state index in [0.29, 0.717) is 11.3 Å². The highest BCUT2D eigenvalue weighted by molar-refractivity contribution is 5.84. The van der Waals surface area contributed by atoms with Crippen LogP contribution >= 0.6 is 0 Å². The first-order valence-electron chi connectivity index (χ1n) is 9.52. The molecule has 0 aliphatic rings. The van der Waals surface area contributed by atoms with Crippen LogP contribution < -0.4 is 5.73 Å². The van der Waals surface area contributed by atoms with E-state index in [0.717, 1.165) is 22.0 Å². The Hall–Kier alpha value is -2.34. The number of hydrogen-bond acceptors (Lipinski definition) is 1. The van der Waals surface area contributed by atoms with Gasteiger partial charge in [0.05, 0.1) is 0 Å². The molecule has 1 atom stereocenters. The van der Waals surface area contributed by atoms with E-state index in [9.17, 15) is 17.6 Å². The molecule has 0 fully saturated rings. The SMILES string of the molecule is Cc1ccc(F)cc1C(C)(C)CC(N)(Cc1[nH]c2ccccc2c1C)C(F)(F)F. The largest absolute Gasteiger partial charge is 0.406 e. The summed E-state index contributed by atoms with van der Waals surface area (Å²) >= 11 is 0. The third-order valence-corrected chi connectivity index (χ3v) is 5.81. The van der Waals surface area contributed by atoms with Crippen LogP contribution in [0.5, 0.6) is 0 Å². The van der Waals surface area contributed by atoms with Crippen molar-refractivity contribution in [3.05, 3.63) is 70.7 Å². The van der Waals surface area contributed by atoms with Gasteiger partial charge < -0.3 is 10.7 Å². The predicted octanol–water partition coefficient (Wildman–Crippen LogP) is 6.09. The zero-order chi connectivity index (χ0) is 21.6. The topological polar surface area (TPSA) is 41.8 Å². The summed E-state index contributed by atoms with van der Waals surface area (Å²) in [6.45, 7) is 6.93. The Morgan fingerprint density at radius 1 is 1.00 bits per heavy atom. The Bertz CT molecular complexity index is 1030. The first-order chi connectivity index (χ1) is 13.3. The molecular weight excluding hydrogens is 380 g/mol. The Kier molecular flexibility index (Phi) is 5.28. The van der Waals surface area contributed by atoms with Gasteiger partial charge >= 0.3 is 6.18 Å². The molecule has 3 aromatic rings. The zero-order valence-corrected chi connectivity index (χ0v) is 17.0. The molecule has 0 radical (unpaired) electrons. The fraction of sp³-hybridized carbons (Fsp3) is 0.391. The van der Waals surface area contributed by atoms with Crippen molar-refractivity contribution in [2.45, 2.75) is 57.7 Å². The summed E-state index contributed by atoms with van der Waals surface area (Å²) < 4.78 is 56.4. The molecule has 2 aromatic carbocycles. The Morgan fingerprint density at radius 3 is 2.28 bits per heavy atom. The van der Waals surface area contributed by atoms with Gasteiger partial charge in [0.2, 0.25) is 0 Å². The highest BCUT2D eigenvalue weighted by atomic mass is 19.4. The van der Waals surface area contributed by atoms with Crippen LogP contribution in [0.2, 0.25) is 0 Å². The number of hydrogen-bond donors (Lipinski definition) is 2. The van der Waals surface area contributed by atoms with Gasteiger partial charge in [-0.05, 0) is 60.6 Å². The van der Waals surface area contributed by atoms with Gasteiger partial charge in [-0.15, -0.1) is 0 Å². The quantitative estimate of drug-likeness (QED) is 0.494. The number of nitrogens with two attached hydrogens (primary N) is 1. The first kappa shape index (κ1) is 21.4. The molecule has 0 aliphatic heterocycles. The van der Waals surface area contributed by atoms with Gasteiger partial charge in [0.15, 0.2) is 0 Å². The minimum absolute atomic E-state index is 0.372. The van der Waals surface area contributed by atoms with Crippen LogP contribution in [0.1, 0.15) is 42.7 Å². The van der Waals surface area contributed by atoms with Crippen LogP contribution in [0.3, 0.4) is 0 Å². The number of H-pyrrole nitrogens is 1. The molecule has 29 heavy (non-hydrogen) atoms. The first-order valence-corrected chi connectivity index (χ1v) is 9.52. The van der Waals surface area contributed by atoms with Gasteiger partial charge in [-0.1, -0.05) is 38.1 Å². The summed E-state index contributed by atoms with van der Waals surface area (Å²) in [6.07, 6.45) is -5.38. The average Bonchev–Trinajstić information content (AvgIpc) is 2.91. The Morgan fingerprint density at radius 2 is 1.66 bits per heavy atom. The predicted molar refractivity (Wildman–Crippen MR) is 108 cm³/mol. The molecule has 3 N–H and O–H groups in total. The fourth-order valence-electron chi connectivity index (χ4n) is 4.30. The monoisotopic (exact) mass is 406 g/mol. The standard InChI is InChI=1S/C23H26F4N2/c1-14-9-10-16(24)11-18(14)21(3,4)13-22(28,23(25,26)27)12-20-15(2)17-7-5-6-8-19(17)29-20/h5-11,29H,12-13,28H2,1-4H3. The summed E-state index contributed by atoms with van der Waals surface area (Å²) in [4.78, 5) is 3.10. The maximum absolute atomic E-state index is 14.2. The van der Waals surface area contributed by atoms with Crippen LogP contribution in [0.15, 0.2) is 42.5 Å². The number of aromatic nitrogens is 1. The van der Waals surface area contributed by atoms with Gasteiger partial charge in [-0.3, -0.25) is 0 Å². The summed E-state index contributed by atoms with van der Waals surface area (Å²) in [6, 6.07) is 11.6. The number of rotatable bonds is 5. The van der Waals surface area contributed by atoms with Crippen molar-refractivity contribution in [1.29, 1.82) is 0 Å². The molecular formula is C23H26F4N2. The lowest BCUT2D eigenvalue weighted by Gasteiger charge is -2.39. The molecule has 2 nitrogen and oxygen atoms in total. The van der Waals surface area contributed by atoms with Crippen LogP contribution in [0, 0.1) is 19.7 Å². The van der Waals surface area contributed by atoms with E-state index in [4.69, 9.17) is 5.73 Å². The van der Waals surface area contributed by atoms with Crippen LogP contribution in [-0.4, -0.2) is 16.7 Å². The van der Waals surface area contributed by atoms with Crippen molar-refractivity contribution < 1.29 is 17.6 Å². The molecule has 3 rings (SSSR count). The summed E-state index contributed by atoms with van der Waals surface area (Å²) in [5, 5.41) is 0.882. The van der Waals surface area contributed by atoms with Gasteiger partial charge in [-0.25, -0.2) is 4.39 Å². The molecule has 0 saturated carbocycles. The van der Waals surface area contributed by atoms with E-state index < -0.39 is 22.9 Å². The molecule has 0 saturated heterocycles. The molecule has 0 amide bonds.